The van der Waals surface area contributed by atoms with Crippen molar-refractivity contribution in [3.63, 3.8) is 0 Å². The summed E-state index contributed by atoms with van der Waals surface area (Å²) in [5.41, 5.74) is 0. The van der Waals surface area contributed by atoms with Crippen molar-refractivity contribution in [1.82, 2.24) is 0 Å². The first-order valence-corrected chi connectivity index (χ1v) is 6.14. The summed E-state index contributed by atoms with van der Waals surface area (Å²) >= 11 is 0. The van der Waals surface area contributed by atoms with Gasteiger partial charge in [-0.1, -0.05) is 32.9 Å². The minimum absolute atomic E-state index is 0.641. The molecular formula is C11H22Si. The number of rotatable bonds is 3. The van der Waals surface area contributed by atoms with Gasteiger partial charge in [-0.3, -0.25) is 0 Å². The van der Waals surface area contributed by atoms with Crippen molar-refractivity contribution in [2.24, 2.45) is 11.8 Å². The van der Waals surface area contributed by atoms with Gasteiger partial charge in [0.2, 0.25) is 0 Å². The van der Waals surface area contributed by atoms with Crippen LogP contribution < -0.4 is 0 Å². The zero-order valence-electron chi connectivity index (χ0n) is 8.93. The highest BCUT2D eigenvalue weighted by Crippen LogP contribution is 2.36. The van der Waals surface area contributed by atoms with Gasteiger partial charge in [0.05, 0.1) is 0 Å². The number of hydrogen-bond acceptors (Lipinski definition) is 0. The van der Waals surface area contributed by atoms with Crippen molar-refractivity contribution < 1.29 is 0 Å². The lowest BCUT2D eigenvalue weighted by molar-refractivity contribution is 0.324. The SMILES string of the molecule is CC(CC(C)(C)[SiH3])C1CC=CC1. The van der Waals surface area contributed by atoms with Gasteiger partial charge in [0.1, 0.15) is 0 Å². The Morgan fingerprint density at radius 3 is 2.33 bits per heavy atom. The first kappa shape index (κ1) is 10.0. The average Bonchev–Trinajstić information content (AvgIpc) is 2.32. The van der Waals surface area contributed by atoms with Crippen LogP contribution in [-0.4, -0.2) is 10.2 Å². The van der Waals surface area contributed by atoms with Gasteiger partial charge in [0.25, 0.3) is 0 Å². The zero-order chi connectivity index (χ0) is 9.19. The minimum Gasteiger partial charge on any atom is -0.0882 e. The zero-order valence-corrected chi connectivity index (χ0v) is 10.9. The summed E-state index contributed by atoms with van der Waals surface area (Å²) in [5, 5.41) is 0.641. The van der Waals surface area contributed by atoms with Crippen LogP contribution in [0, 0.1) is 11.8 Å². The third-order valence-electron chi connectivity index (χ3n) is 2.78. The molecule has 70 valence electrons. The highest BCUT2D eigenvalue weighted by molar-refractivity contribution is 6.14. The molecule has 1 unspecified atom stereocenters. The molecule has 0 aliphatic heterocycles. The molecule has 1 rings (SSSR count). The van der Waals surface area contributed by atoms with E-state index in [2.05, 4.69) is 32.9 Å². The fourth-order valence-electron chi connectivity index (χ4n) is 2.24. The topological polar surface area (TPSA) is 0 Å². The van der Waals surface area contributed by atoms with Crippen LogP contribution in [0.1, 0.15) is 40.0 Å². The van der Waals surface area contributed by atoms with Crippen molar-refractivity contribution in [2.45, 2.75) is 45.1 Å². The van der Waals surface area contributed by atoms with Gasteiger partial charge in [-0.25, -0.2) is 0 Å². The van der Waals surface area contributed by atoms with Gasteiger partial charge < -0.3 is 0 Å². The molecule has 1 aliphatic carbocycles. The summed E-state index contributed by atoms with van der Waals surface area (Å²) in [6.07, 6.45) is 8.78. The Labute approximate surface area is 79.9 Å². The van der Waals surface area contributed by atoms with E-state index < -0.39 is 0 Å². The Hall–Kier alpha value is -0.0431. The molecule has 0 aromatic rings. The van der Waals surface area contributed by atoms with E-state index in [1.807, 2.05) is 0 Å². The number of hydrogen-bond donors (Lipinski definition) is 0. The van der Waals surface area contributed by atoms with Crippen LogP contribution in [-0.2, 0) is 0 Å². The highest BCUT2D eigenvalue weighted by atomic mass is 28.1. The van der Waals surface area contributed by atoms with Crippen LogP contribution in [0.15, 0.2) is 12.2 Å². The fraction of sp³-hybridized carbons (Fsp3) is 0.818. The second-order valence-electron chi connectivity index (χ2n) is 5.44. The molecule has 12 heavy (non-hydrogen) atoms. The molecule has 0 heterocycles. The van der Waals surface area contributed by atoms with Gasteiger partial charge in [-0.05, 0) is 36.1 Å². The smallest absolute Gasteiger partial charge is 0.00996 e. The molecule has 0 nitrogen and oxygen atoms in total. The van der Waals surface area contributed by atoms with Gasteiger partial charge >= 0.3 is 0 Å². The third-order valence-corrected chi connectivity index (χ3v) is 3.19. The van der Waals surface area contributed by atoms with Crippen LogP contribution in [0.2, 0.25) is 5.04 Å². The highest BCUT2D eigenvalue weighted by Gasteiger charge is 2.22. The minimum atomic E-state index is 0.641. The van der Waals surface area contributed by atoms with Crippen molar-refractivity contribution in [3.05, 3.63) is 12.2 Å². The van der Waals surface area contributed by atoms with E-state index in [-0.39, 0.29) is 0 Å². The van der Waals surface area contributed by atoms with Crippen LogP contribution in [0.5, 0.6) is 0 Å². The normalized spacial score (nSPS) is 21.9. The van der Waals surface area contributed by atoms with Crippen molar-refractivity contribution >= 4 is 10.2 Å². The van der Waals surface area contributed by atoms with Crippen LogP contribution in [0.4, 0.5) is 0 Å². The van der Waals surface area contributed by atoms with E-state index in [0.29, 0.717) is 5.04 Å². The Kier molecular flexibility index (Phi) is 3.16. The van der Waals surface area contributed by atoms with Crippen LogP contribution >= 0.6 is 0 Å². The summed E-state index contributed by atoms with van der Waals surface area (Å²) in [6, 6.07) is 0. The van der Waals surface area contributed by atoms with Crippen molar-refractivity contribution in [3.8, 4) is 0 Å². The van der Waals surface area contributed by atoms with Gasteiger partial charge in [-0.15, -0.1) is 0 Å². The summed E-state index contributed by atoms with van der Waals surface area (Å²) < 4.78 is 0. The number of allylic oxidation sites excluding steroid dienone is 2. The van der Waals surface area contributed by atoms with Gasteiger partial charge in [0, 0.05) is 10.2 Å². The van der Waals surface area contributed by atoms with E-state index in [9.17, 15) is 0 Å². The van der Waals surface area contributed by atoms with E-state index in [1.165, 1.54) is 29.5 Å². The van der Waals surface area contributed by atoms with Gasteiger partial charge in [0.15, 0.2) is 0 Å². The summed E-state index contributed by atoms with van der Waals surface area (Å²) in [4.78, 5) is 0. The van der Waals surface area contributed by atoms with Crippen LogP contribution in [0.3, 0.4) is 0 Å². The second-order valence-corrected chi connectivity index (χ2v) is 8.15. The van der Waals surface area contributed by atoms with Crippen LogP contribution in [0.25, 0.3) is 0 Å². The Bertz CT molecular complexity index is 156. The molecule has 0 amide bonds. The lowest BCUT2D eigenvalue weighted by Crippen LogP contribution is -2.15. The molecule has 0 spiro atoms. The Morgan fingerprint density at radius 2 is 1.92 bits per heavy atom. The standard InChI is InChI=1S/C11H22Si/c1-9(8-11(2,3)12)10-6-4-5-7-10/h4-5,9-10H,6-8H2,1-3,12H3. The van der Waals surface area contributed by atoms with E-state index in [4.69, 9.17) is 0 Å². The second kappa shape index (κ2) is 3.78. The molecule has 0 bridgehead atoms. The summed E-state index contributed by atoms with van der Waals surface area (Å²) in [7, 11) is 1.33. The maximum Gasteiger partial charge on any atom is 0.00996 e. The maximum atomic E-state index is 2.43. The van der Waals surface area contributed by atoms with E-state index in [0.717, 1.165) is 11.8 Å². The lowest BCUT2D eigenvalue weighted by atomic mass is 9.85. The average molecular weight is 182 g/mol. The molecule has 1 aliphatic rings. The summed E-state index contributed by atoms with van der Waals surface area (Å²) in [5.74, 6) is 1.88. The maximum absolute atomic E-state index is 2.43. The molecule has 1 heteroatoms. The molecule has 0 fully saturated rings. The van der Waals surface area contributed by atoms with Crippen molar-refractivity contribution in [2.75, 3.05) is 0 Å². The van der Waals surface area contributed by atoms with E-state index >= 15 is 0 Å². The molecule has 0 saturated heterocycles. The van der Waals surface area contributed by atoms with Gasteiger partial charge in [-0.2, -0.15) is 0 Å². The first-order valence-electron chi connectivity index (χ1n) is 5.14. The van der Waals surface area contributed by atoms with E-state index in [1.54, 1.807) is 0 Å². The quantitative estimate of drug-likeness (QED) is 0.465. The Balaban J connectivity index is 2.33. The van der Waals surface area contributed by atoms with Crippen molar-refractivity contribution in [1.29, 1.82) is 0 Å². The first-order chi connectivity index (χ1) is 5.49. The predicted molar refractivity (Wildman–Crippen MR) is 59.6 cm³/mol. The third kappa shape index (κ3) is 3.14. The molecule has 0 radical (unpaired) electrons. The molecular weight excluding hydrogens is 160 g/mol. The fourth-order valence-corrected chi connectivity index (χ4v) is 2.88. The monoisotopic (exact) mass is 182 g/mol. The molecule has 0 N–H and O–H groups in total. The molecule has 1 atom stereocenters. The predicted octanol–water partition coefficient (Wildman–Crippen LogP) is 2.54. The molecule has 0 saturated carbocycles. The Morgan fingerprint density at radius 1 is 1.42 bits per heavy atom. The lowest BCUT2D eigenvalue weighted by Gasteiger charge is -2.27. The largest absolute Gasteiger partial charge is 0.0882 e. The summed E-state index contributed by atoms with van der Waals surface area (Å²) in [6.45, 7) is 7.23. The molecule has 0 aromatic heterocycles. The molecule has 0 aromatic carbocycles.